The summed E-state index contributed by atoms with van der Waals surface area (Å²) in [5.74, 6) is 0.709. The Balaban J connectivity index is 2.22. The Morgan fingerprint density at radius 2 is 1.95 bits per heavy atom. The Hall–Kier alpha value is -2.56. The van der Waals surface area contributed by atoms with Gasteiger partial charge in [0.1, 0.15) is 11.4 Å². The number of benzene rings is 1. The second-order valence-electron chi connectivity index (χ2n) is 4.42. The molecule has 0 aliphatic carbocycles. The van der Waals surface area contributed by atoms with Gasteiger partial charge in [-0.25, -0.2) is 0 Å². The Morgan fingerprint density at radius 3 is 2.62 bits per heavy atom. The molecule has 1 aromatic carbocycles. The second kappa shape index (κ2) is 6.74. The van der Waals surface area contributed by atoms with Crippen molar-refractivity contribution in [3.05, 3.63) is 48.3 Å². The van der Waals surface area contributed by atoms with Crippen molar-refractivity contribution in [1.29, 1.82) is 0 Å². The Kier molecular flexibility index (Phi) is 4.77. The van der Waals surface area contributed by atoms with Crippen molar-refractivity contribution in [2.24, 2.45) is 0 Å². The van der Waals surface area contributed by atoms with Crippen LogP contribution in [0.2, 0.25) is 0 Å². The number of hydrogen-bond acceptors (Lipinski definition) is 4. The van der Waals surface area contributed by atoms with Gasteiger partial charge in [-0.3, -0.25) is 9.78 Å². The van der Waals surface area contributed by atoms with E-state index in [2.05, 4.69) is 4.98 Å². The molecule has 0 fully saturated rings. The van der Waals surface area contributed by atoms with E-state index in [9.17, 15) is 9.90 Å². The molecule has 0 spiro atoms. The number of carbonyl (C=O) groups is 1. The minimum Gasteiger partial charge on any atom is -0.504 e. The van der Waals surface area contributed by atoms with Crippen LogP contribution in [0, 0.1) is 0 Å². The van der Waals surface area contributed by atoms with Gasteiger partial charge in [0, 0.05) is 25.4 Å². The maximum Gasteiger partial charge on any atom is 0.272 e. The summed E-state index contributed by atoms with van der Waals surface area (Å²) in [4.78, 5) is 18.0. The molecule has 0 radical (unpaired) electrons. The average molecular weight is 286 g/mol. The lowest BCUT2D eigenvalue weighted by Gasteiger charge is -2.18. The average Bonchev–Trinajstić information content (AvgIpc) is 2.51. The molecule has 1 N–H and O–H groups in total. The fourth-order valence-corrected chi connectivity index (χ4v) is 1.93. The van der Waals surface area contributed by atoms with E-state index in [1.807, 2.05) is 13.8 Å². The normalized spacial score (nSPS) is 10.2. The molecule has 0 bridgehead atoms. The number of phenols is 1. The number of para-hydroxylation sites is 2. The topological polar surface area (TPSA) is 62.7 Å². The third kappa shape index (κ3) is 3.51. The van der Waals surface area contributed by atoms with E-state index in [0.717, 1.165) is 0 Å². The van der Waals surface area contributed by atoms with Gasteiger partial charge in [0.15, 0.2) is 11.5 Å². The quantitative estimate of drug-likeness (QED) is 0.917. The van der Waals surface area contributed by atoms with Crippen molar-refractivity contribution in [2.45, 2.75) is 13.8 Å². The fraction of sp³-hybridized carbons (Fsp3) is 0.250. The number of aromatic nitrogens is 1. The number of phenolic OH excluding ortho intramolecular Hbond substituents is 1. The number of carbonyl (C=O) groups excluding carboxylic acids is 1. The molecule has 2 aromatic rings. The Bertz CT molecular complexity index is 624. The van der Waals surface area contributed by atoms with Gasteiger partial charge in [0.05, 0.1) is 0 Å². The van der Waals surface area contributed by atoms with Gasteiger partial charge < -0.3 is 14.7 Å². The first kappa shape index (κ1) is 14.8. The van der Waals surface area contributed by atoms with Gasteiger partial charge in [-0.1, -0.05) is 12.1 Å². The molecule has 0 aliphatic rings. The third-order valence-electron chi connectivity index (χ3n) is 3.09. The van der Waals surface area contributed by atoms with Gasteiger partial charge in [0.2, 0.25) is 0 Å². The second-order valence-corrected chi connectivity index (χ2v) is 4.42. The third-order valence-corrected chi connectivity index (χ3v) is 3.09. The molecule has 0 saturated heterocycles. The fourth-order valence-electron chi connectivity index (χ4n) is 1.93. The molecule has 0 aliphatic heterocycles. The van der Waals surface area contributed by atoms with Crippen LogP contribution in [0.3, 0.4) is 0 Å². The zero-order valence-corrected chi connectivity index (χ0v) is 12.1. The Labute approximate surface area is 123 Å². The Morgan fingerprint density at radius 1 is 1.24 bits per heavy atom. The molecule has 0 saturated carbocycles. The summed E-state index contributed by atoms with van der Waals surface area (Å²) < 4.78 is 5.59. The summed E-state index contributed by atoms with van der Waals surface area (Å²) >= 11 is 0. The van der Waals surface area contributed by atoms with Crippen molar-refractivity contribution < 1.29 is 14.6 Å². The van der Waals surface area contributed by atoms with Gasteiger partial charge >= 0.3 is 0 Å². The van der Waals surface area contributed by atoms with E-state index in [0.29, 0.717) is 30.3 Å². The van der Waals surface area contributed by atoms with E-state index < -0.39 is 0 Å². The molecular weight excluding hydrogens is 268 g/mol. The number of amides is 1. The van der Waals surface area contributed by atoms with Gasteiger partial charge in [-0.2, -0.15) is 0 Å². The summed E-state index contributed by atoms with van der Waals surface area (Å²) in [6.45, 7) is 5.09. The number of hydrogen-bond donors (Lipinski definition) is 1. The van der Waals surface area contributed by atoms with Gasteiger partial charge in [-0.15, -0.1) is 0 Å². The zero-order chi connectivity index (χ0) is 15.2. The highest BCUT2D eigenvalue weighted by Crippen LogP contribution is 2.29. The molecule has 5 heteroatoms. The lowest BCUT2D eigenvalue weighted by molar-refractivity contribution is 0.0767. The molecular formula is C16H18N2O3. The van der Waals surface area contributed by atoms with Crippen molar-refractivity contribution in [3.63, 3.8) is 0 Å². The van der Waals surface area contributed by atoms with Gasteiger partial charge in [0.25, 0.3) is 5.91 Å². The molecule has 1 aromatic heterocycles. The van der Waals surface area contributed by atoms with Crippen LogP contribution in [0.5, 0.6) is 17.2 Å². The van der Waals surface area contributed by atoms with Crippen molar-refractivity contribution in [3.8, 4) is 17.2 Å². The number of rotatable bonds is 5. The number of ether oxygens (including phenoxy) is 1. The van der Waals surface area contributed by atoms with E-state index in [1.54, 1.807) is 41.3 Å². The maximum absolute atomic E-state index is 12.2. The van der Waals surface area contributed by atoms with E-state index in [4.69, 9.17) is 4.74 Å². The van der Waals surface area contributed by atoms with Crippen LogP contribution in [-0.4, -0.2) is 34.0 Å². The molecule has 5 nitrogen and oxygen atoms in total. The maximum atomic E-state index is 12.2. The zero-order valence-electron chi connectivity index (χ0n) is 12.1. The van der Waals surface area contributed by atoms with Crippen LogP contribution in [0.4, 0.5) is 0 Å². The van der Waals surface area contributed by atoms with Crippen LogP contribution in [0.15, 0.2) is 42.6 Å². The summed E-state index contributed by atoms with van der Waals surface area (Å²) in [5, 5.41) is 9.70. The van der Waals surface area contributed by atoms with E-state index in [-0.39, 0.29) is 11.7 Å². The van der Waals surface area contributed by atoms with Crippen molar-refractivity contribution in [1.82, 2.24) is 9.88 Å². The standard InChI is InChI=1S/C16H18N2O3/c1-3-18(4-2)16(20)13-11-12(9-10-17-13)21-15-8-6-5-7-14(15)19/h5-11,19H,3-4H2,1-2H3. The first-order valence-electron chi connectivity index (χ1n) is 6.86. The van der Waals surface area contributed by atoms with E-state index >= 15 is 0 Å². The molecule has 2 rings (SSSR count). The minimum absolute atomic E-state index is 0.0472. The smallest absolute Gasteiger partial charge is 0.272 e. The van der Waals surface area contributed by atoms with Gasteiger partial charge in [-0.05, 0) is 32.0 Å². The minimum atomic E-state index is -0.136. The molecule has 0 atom stereocenters. The summed E-state index contributed by atoms with van der Waals surface area (Å²) in [6, 6.07) is 9.89. The first-order chi connectivity index (χ1) is 10.2. The molecule has 1 amide bonds. The summed E-state index contributed by atoms with van der Waals surface area (Å²) in [5.41, 5.74) is 0.326. The van der Waals surface area contributed by atoms with Crippen LogP contribution < -0.4 is 4.74 Å². The molecule has 1 heterocycles. The summed E-state index contributed by atoms with van der Waals surface area (Å²) in [7, 11) is 0. The van der Waals surface area contributed by atoms with Crippen molar-refractivity contribution >= 4 is 5.91 Å². The highest BCUT2D eigenvalue weighted by Gasteiger charge is 2.15. The molecule has 21 heavy (non-hydrogen) atoms. The lowest BCUT2D eigenvalue weighted by Crippen LogP contribution is -2.31. The predicted molar refractivity (Wildman–Crippen MR) is 79.7 cm³/mol. The van der Waals surface area contributed by atoms with Crippen LogP contribution in [0.1, 0.15) is 24.3 Å². The SMILES string of the molecule is CCN(CC)C(=O)c1cc(Oc2ccccc2O)ccn1. The van der Waals surface area contributed by atoms with Crippen molar-refractivity contribution in [2.75, 3.05) is 13.1 Å². The number of nitrogens with zero attached hydrogens (tertiary/aromatic N) is 2. The highest BCUT2D eigenvalue weighted by molar-refractivity contribution is 5.92. The number of aromatic hydroxyl groups is 1. The number of pyridine rings is 1. The largest absolute Gasteiger partial charge is 0.504 e. The highest BCUT2D eigenvalue weighted by atomic mass is 16.5. The van der Waals surface area contributed by atoms with E-state index in [1.165, 1.54) is 6.20 Å². The van der Waals surface area contributed by atoms with Crippen LogP contribution >= 0.6 is 0 Å². The molecule has 0 unspecified atom stereocenters. The molecule has 110 valence electrons. The van der Waals surface area contributed by atoms with Crippen LogP contribution in [0.25, 0.3) is 0 Å². The summed E-state index contributed by atoms with van der Waals surface area (Å²) in [6.07, 6.45) is 1.52. The predicted octanol–water partition coefficient (Wildman–Crippen LogP) is 3.06. The monoisotopic (exact) mass is 286 g/mol. The first-order valence-corrected chi connectivity index (χ1v) is 6.86. The lowest BCUT2D eigenvalue weighted by atomic mass is 10.3. The van der Waals surface area contributed by atoms with Crippen LogP contribution in [-0.2, 0) is 0 Å².